The van der Waals surface area contributed by atoms with Crippen molar-refractivity contribution in [3.05, 3.63) is 102 Å². The van der Waals surface area contributed by atoms with Crippen molar-refractivity contribution in [1.29, 1.82) is 0 Å². The molecule has 0 unspecified atom stereocenters. The molecule has 0 bridgehead atoms. The van der Waals surface area contributed by atoms with Gasteiger partial charge in [0, 0.05) is 16.6 Å². The van der Waals surface area contributed by atoms with Crippen LogP contribution in [0.25, 0.3) is 22.2 Å². The molecule has 5 aromatic rings. The molecule has 0 spiro atoms. The molecule has 1 N–H and O–H groups in total. The monoisotopic (exact) mass is 469 g/mol. The van der Waals surface area contributed by atoms with Crippen LogP contribution in [0.1, 0.15) is 20.9 Å². The lowest BCUT2D eigenvalue weighted by Gasteiger charge is -2.11. The van der Waals surface area contributed by atoms with Crippen molar-refractivity contribution in [3.63, 3.8) is 0 Å². The van der Waals surface area contributed by atoms with Crippen LogP contribution in [0.2, 0.25) is 5.02 Å². The summed E-state index contributed by atoms with van der Waals surface area (Å²) in [7, 11) is 0. The van der Waals surface area contributed by atoms with E-state index in [1.54, 1.807) is 54.6 Å². The van der Waals surface area contributed by atoms with Gasteiger partial charge in [0.15, 0.2) is 12.0 Å². The van der Waals surface area contributed by atoms with Gasteiger partial charge >= 0.3 is 5.97 Å². The van der Waals surface area contributed by atoms with E-state index in [4.69, 9.17) is 20.8 Å². The molecule has 2 heterocycles. The van der Waals surface area contributed by atoms with Gasteiger partial charge in [-0.3, -0.25) is 4.79 Å². The lowest BCUT2D eigenvalue weighted by Crippen LogP contribution is -2.08. The van der Waals surface area contributed by atoms with Gasteiger partial charge in [0.1, 0.15) is 23.7 Å². The number of ether oxygens (including phenoxy) is 1. The number of aldehydes is 1. The summed E-state index contributed by atoms with van der Waals surface area (Å²) in [4.78, 5) is 31.9. The third kappa shape index (κ3) is 4.37. The summed E-state index contributed by atoms with van der Waals surface area (Å²) in [6.45, 7) is 0. The van der Waals surface area contributed by atoms with Crippen LogP contribution in [0.5, 0.6) is 5.75 Å². The third-order valence-corrected chi connectivity index (χ3v) is 5.36. The number of hydrogen-bond donors (Lipinski definition) is 1. The van der Waals surface area contributed by atoms with Crippen LogP contribution in [-0.4, -0.2) is 22.2 Å². The van der Waals surface area contributed by atoms with E-state index in [0.29, 0.717) is 29.1 Å². The Morgan fingerprint density at radius 1 is 0.971 bits per heavy atom. The minimum absolute atomic E-state index is 0.250. The molecular formula is C26H16ClN3O4. The number of nitrogens with zero attached hydrogens (tertiary/aromatic N) is 2. The normalized spacial score (nSPS) is 10.7. The fraction of sp³-hybridized carbons (Fsp3) is 0. The first kappa shape index (κ1) is 21.4. The number of aromatic nitrogens is 2. The molecule has 7 nitrogen and oxygen atoms in total. The van der Waals surface area contributed by atoms with Gasteiger partial charge in [-0.05, 0) is 60.7 Å². The molecule has 0 radical (unpaired) electrons. The summed E-state index contributed by atoms with van der Waals surface area (Å²) in [6, 6.07) is 22.6. The molecule has 166 valence electrons. The van der Waals surface area contributed by atoms with Crippen molar-refractivity contribution in [2.75, 3.05) is 5.32 Å². The summed E-state index contributed by atoms with van der Waals surface area (Å²) in [5.41, 5.74) is 2.58. The molecule has 0 fully saturated rings. The molecule has 5 rings (SSSR count). The Morgan fingerprint density at radius 2 is 1.82 bits per heavy atom. The standard InChI is InChI=1S/C26H16ClN3O4/c27-21-13-18(7-10-24(21)34-26(32)16-4-2-1-3-5-16)30-25-20-12-17(6-9-22(20)28-15-29-25)23-11-8-19(14-31)33-23/h1-15H,(H,28,29,30). The highest BCUT2D eigenvalue weighted by Crippen LogP contribution is 2.32. The summed E-state index contributed by atoms with van der Waals surface area (Å²) in [5.74, 6) is 1.12. The van der Waals surface area contributed by atoms with E-state index in [1.807, 2.05) is 24.3 Å². The smallest absolute Gasteiger partial charge is 0.343 e. The first-order valence-corrected chi connectivity index (χ1v) is 10.6. The number of anilines is 2. The van der Waals surface area contributed by atoms with Crippen molar-refractivity contribution in [2.24, 2.45) is 0 Å². The maximum atomic E-state index is 12.3. The molecule has 0 aliphatic rings. The van der Waals surface area contributed by atoms with Crippen LogP contribution in [0.3, 0.4) is 0 Å². The van der Waals surface area contributed by atoms with Crippen LogP contribution < -0.4 is 10.1 Å². The average Bonchev–Trinajstić information content (AvgIpc) is 3.36. The predicted molar refractivity (Wildman–Crippen MR) is 129 cm³/mol. The van der Waals surface area contributed by atoms with E-state index in [1.165, 1.54) is 6.33 Å². The van der Waals surface area contributed by atoms with E-state index >= 15 is 0 Å². The summed E-state index contributed by atoms with van der Waals surface area (Å²) < 4.78 is 11.0. The summed E-state index contributed by atoms with van der Waals surface area (Å²) >= 11 is 6.38. The van der Waals surface area contributed by atoms with Crippen molar-refractivity contribution < 1.29 is 18.7 Å². The number of fused-ring (bicyclic) bond motifs is 1. The Bertz CT molecular complexity index is 1520. The Morgan fingerprint density at radius 3 is 2.59 bits per heavy atom. The molecule has 0 saturated carbocycles. The molecule has 0 aliphatic heterocycles. The van der Waals surface area contributed by atoms with Crippen molar-refractivity contribution >= 4 is 46.3 Å². The zero-order chi connectivity index (χ0) is 23.5. The number of nitrogens with one attached hydrogen (secondary N) is 1. The first-order chi connectivity index (χ1) is 16.6. The van der Waals surface area contributed by atoms with Gasteiger partial charge in [0.05, 0.1) is 16.1 Å². The molecule has 2 aromatic heterocycles. The van der Waals surface area contributed by atoms with E-state index in [9.17, 15) is 9.59 Å². The number of hydrogen-bond acceptors (Lipinski definition) is 7. The first-order valence-electron chi connectivity index (χ1n) is 10.2. The Kier molecular flexibility index (Phi) is 5.76. The van der Waals surface area contributed by atoms with Gasteiger partial charge in [-0.25, -0.2) is 14.8 Å². The number of esters is 1. The molecule has 0 amide bonds. The molecule has 8 heteroatoms. The van der Waals surface area contributed by atoms with Gasteiger partial charge in [-0.1, -0.05) is 29.8 Å². The SMILES string of the molecule is O=Cc1ccc(-c2ccc3ncnc(Nc4ccc(OC(=O)c5ccccc5)c(Cl)c4)c3c2)o1. The number of rotatable bonds is 6. The van der Waals surface area contributed by atoms with E-state index in [-0.39, 0.29) is 16.5 Å². The van der Waals surface area contributed by atoms with Crippen LogP contribution in [0.15, 0.2) is 89.6 Å². The van der Waals surface area contributed by atoms with Gasteiger partial charge in [-0.2, -0.15) is 0 Å². The second-order valence-corrected chi connectivity index (χ2v) is 7.71. The number of furan rings is 1. The van der Waals surface area contributed by atoms with Crippen molar-refractivity contribution in [3.8, 4) is 17.1 Å². The van der Waals surface area contributed by atoms with Gasteiger partial charge < -0.3 is 14.5 Å². The number of carbonyl (C=O) groups excluding carboxylic acids is 2. The fourth-order valence-corrected chi connectivity index (χ4v) is 3.63. The van der Waals surface area contributed by atoms with Crippen LogP contribution in [-0.2, 0) is 0 Å². The summed E-state index contributed by atoms with van der Waals surface area (Å²) in [6.07, 6.45) is 2.12. The molecular weight excluding hydrogens is 454 g/mol. The fourth-order valence-electron chi connectivity index (χ4n) is 3.41. The molecule has 0 aliphatic carbocycles. The third-order valence-electron chi connectivity index (χ3n) is 5.07. The minimum atomic E-state index is -0.492. The summed E-state index contributed by atoms with van der Waals surface area (Å²) in [5, 5.41) is 4.25. The second-order valence-electron chi connectivity index (χ2n) is 7.30. The van der Waals surface area contributed by atoms with Crippen molar-refractivity contribution in [1.82, 2.24) is 9.97 Å². The van der Waals surface area contributed by atoms with Gasteiger partial charge in [0.25, 0.3) is 0 Å². The predicted octanol–water partition coefficient (Wildman–Crippen LogP) is 6.32. The van der Waals surface area contributed by atoms with E-state index in [2.05, 4.69) is 15.3 Å². The highest BCUT2D eigenvalue weighted by atomic mass is 35.5. The zero-order valence-electron chi connectivity index (χ0n) is 17.6. The number of carbonyl (C=O) groups is 2. The Labute approximate surface area is 199 Å². The second kappa shape index (κ2) is 9.17. The van der Waals surface area contributed by atoms with Crippen LogP contribution >= 0.6 is 11.6 Å². The molecule has 0 saturated heterocycles. The lowest BCUT2D eigenvalue weighted by atomic mass is 10.1. The quantitative estimate of drug-likeness (QED) is 0.177. The highest BCUT2D eigenvalue weighted by molar-refractivity contribution is 6.32. The zero-order valence-corrected chi connectivity index (χ0v) is 18.3. The maximum Gasteiger partial charge on any atom is 0.343 e. The highest BCUT2D eigenvalue weighted by Gasteiger charge is 2.13. The van der Waals surface area contributed by atoms with Gasteiger partial charge in [0.2, 0.25) is 0 Å². The largest absolute Gasteiger partial charge is 0.453 e. The van der Waals surface area contributed by atoms with Crippen LogP contribution in [0, 0.1) is 0 Å². The maximum absolute atomic E-state index is 12.3. The molecule has 3 aromatic carbocycles. The lowest BCUT2D eigenvalue weighted by molar-refractivity contribution is 0.0734. The number of halogens is 1. The Balaban J connectivity index is 1.41. The topological polar surface area (TPSA) is 94.3 Å². The van der Waals surface area contributed by atoms with Gasteiger partial charge in [-0.15, -0.1) is 0 Å². The average molecular weight is 470 g/mol. The number of benzene rings is 3. The molecule has 34 heavy (non-hydrogen) atoms. The molecule has 0 atom stereocenters. The van der Waals surface area contributed by atoms with Crippen molar-refractivity contribution in [2.45, 2.75) is 0 Å². The minimum Gasteiger partial charge on any atom is -0.453 e. The Hall–Kier alpha value is -4.49. The van der Waals surface area contributed by atoms with Crippen LogP contribution in [0.4, 0.5) is 11.5 Å². The van der Waals surface area contributed by atoms with E-state index in [0.717, 1.165) is 16.5 Å². The van der Waals surface area contributed by atoms with E-state index < -0.39 is 5.97 Å².